The molecule has 0 bridgehead atoms. The average Bonchev–Trinajstić information content (AvgIpc) is 2.33. The van der Waals surface area contributed by atoms with Crippen LogP contribution in [0.5, 0.6) is 0 Å². The number of thiol groups is 1. The van der Waals surface area contributed by atoms with E-state index in [0.29, 0.717) is 0 Å². The highest BCUT2D eigenvalue weighted by Crippen LogP contribution is 2.22. The van der Waals surface area contributed by atoms with E-state index in [1.807, 2.05) is 17.0 Å². The van der Waals surface area contributed by atoms with Gasteiger partial charge < -0.3 is 4.90 Å². The number of benzene rings is 1. The molecule has 0 N–H and O–H groups in total. The molecule has 0 aromatic heterocycles. The van der Waals surface area contributed by atoms with Gasteiger partial charge in [0.25, 0.3) is 0 Å². The maximum Gasteiger partial charge on any atom is 0.219 e. The van der Waals surface area contributed by atoms with Gasteiger partial charge in [0.1, 0.15) is 0 Å². The Morgan fingerprint density at radius 2 is 1.88 bits per heavy atom. The molecule has 1 aromatic carbocycles. The quantitative estimate of drug-likeness (QED) is 0.799. The van der Waals surface area contributed by atoms with Crippen molar-refractivity contribution in [3.8, 4) is 0 Å². The molecule has 3 heteroatoms. The Bertz CT molecular complexity index is 380. The monoisotopic (exact) mass is 249 g/mol. The summed E-state index contributed by atoms with van der Waals surface area (Å²) in [6, 6.07) is 8.39. The molecule has 1 aromatic rings. The molecule has 0 spiro atoms. The minimum absolute atomic E-state index is 0.211. The largest absolute Gasteiger partial charge is 0.343 e. The predicted molar refractivity (Wildman–Crippen MR) is 72.4 cm³/mol. The smallest absolute Gasteiger partial charge is 0.219 e. The highest BCUT2D eigenvalue weighted by molar-refractivity contribution is 7.80. The summed E-state index contributed by atoms with van der Waals surface area (Å²) in [6.07, 6.45) is 3.38. The zero-order valence-electron chi connectivity index (χ0n) is 10.2. The number of hydrogen-bond donors (Lipinski definition) is 1. The van der Waals surface area contributed by atoms with Gasteiger partial charge in [0.2, 0.25) is 5.91 Å². The lowest BCUT2D eigenvalue weighted by Gasteiger charge is -2.31. The number of carbonyl (C=O) groups excluding carboxylic acids is 1. The number of hydrogen-bond acceptors (Lipinski definition) is 2. The number of nitrogens with zero attached hydrogens (tertiary/aromatic N) is 1. The van der Waals surface area contributed by atoms with E-state index in [1.165, 1.54) is 5.56 Å². The van der Waals surface area contributed by atoms with Crippen LogP contribution in [0.4, 0.5) is 0 Å². The minimum atomic E-state index is 0.211. The van der Waals surface area contributed by atoms with E-state index in [-0.39, 0.29) is 5.91 Å². The van der Waals surface area contributed by atoms with Gasteiger partial charge >= 0.3 is 0 Å². The summed E-state index contributed by atoms with van der Waals surface area (Å²) >= 11 is 4.29. The lowest BCUT2D eigenvalue weighted by Crippen LogP contribution is -2.37. The van der Waals surface area contributed by atoms with E-state index < -0.39 is 0 Å². The first-order valence-electron chi connectivity index (χ1n) is 6.18. The highest BCUT2D eigenvalue weighted by Gasteiger charge is 2.20. The highest BCUT2D eigenvalue weighted by atomic mass is 32.1. The number of amides is 1. The standard InChI is InChI=1S/C14H19NOS/c1-11(16)15-8-6-13(7-9-15)10-12-2-4-14(17)5-3-12/h2-5,13,17H,6-10H2,1H3. The third kappa shape index (κ3) is 3.50. The molecule has 2 rings (SSSR count). The number of piperidine rings is 1. The molecule has 92 valence electrons. The number of carbonyl (C=O) groups is 1. The summed E-state index contributed by atoms with van der Waals surface area (Å²) in [5.74, 6) is 0.930. The summed E-state index contributed by atoms with van der Waals surface area (Å²) in [5, 5.41) is 0. The van der Waals surface area contributed by atoms with Crippen molar-refractivity contribution >= 4 is 18.5 Å². The fourth-order valence-corrected chi connectivity index (χ4v) is 2.57. The normalized spacial score (nSPS) is 17.2. The second kappa shape index (κ2) is 5.58. The van der Waals surface area contributed by atoms with E-state index in [9.17, 15) is 4.79 Å². The molecule has 0 aliphatic carbocycles. The van der Waals surface area contributed by atoms with Gasteiger partial charge in [0.05, 0.1) is 0 Å². The Kier molecular flexibility index (Phi) is 4.11. The van der Waals surface area contributed by atoms with Crippen LogP contribution in [-0.2, 0) is 11.2 Å². The molecule has 0 atom stereocenters. The van der Waals surface area contributed by atoms with E-state index in [0.717, 1.165) is 43.2 Å². The van der Waals surface area contributed by atoms with Crippen molar-refractivity contribution in [2.24, 2.45) is 5.92 Å². The molecule has 1 fully saturated rings. The predicted octanol–water partition coefficient (Wildman–Crippen LogP) is 2.78. The lowest BCUT2D eigenvalue weighted by molar-refractivity contribution is -0.130. The van der Waals surface area contributed by atoms with Crippen LogP contribution in [0.25, 0.3) is 0 Å². The molecule has 2 nitrogen and oxygen atoms in total. The van der Waals surface area contributed by atoms with E-state index in [2.05, 4.69) is 24.8 Å². The molecular formula is C14H19NOS. The number of rotatable bonds is 2. The third-order valence-corrected chi connectivity index (χ3v) is 3.82. The first-order valence-corrected chi connectivity index (χ1v) is 6.63. The van der Waals surface area contributed by atoms with Crippen LogP contribution in [0.15, 0.2) is 29.2 Å². The maximum absolute atomic E-state index is 11.2. The molecule has 1 amide bonds. The van der Waals surface area contributed by atoms with Crippen LogP contribution >= 0.6 is 12.6 Å². The zero-order valence-corrected chi connectivity index (χ0v) is 11.1. The van der Waals surface area contributed by atoms with Crippen molar-refractivity contribution in [3.63, 3.8) is 0 Å². The molecular weight excluding hydrogens is 230 g/mol. The van der Waals surface area contributed by atoms with Crippen molar-refractivity contribution in [1.82, 2.24) is 4.90 Å². The Morgan fingerprint density at radius 1 is 1.29 bits per heavy atom. The van der Waals surface area contributed by atoms with Crippen molar-refractivity contribution in [2.75, 3.05) is 13.1 Å². The molecule has 17 heavy (non-hydrogen) atoms. The zero-order chi connectivity index (χ0) is 12.3. The van der Waals surface area contributed by atoms with Gasteiger partial charge in [-0.3, -0.25) is 4.79 Å². The Balaban J connectivity index is 1.85. The van der Waals surface area contributed by atoms with Crippen LogP contribution in [0, 0.1) is 5.92 Å². The topological polar surface area (TPSA) is 20.3 Å². The lowest BCUT2D eigenvalue weighted by atomic mass is 9.90. The van der Waals surface area contributed by atoms with Crippen LogP contribution in [0.3, 0.4) is 0 Å². The molecule has 1 saturated heterocycles. The van der Waals surface area contributed by atoms with Gasteiger partial charge in [-0.25, -0.2) is 0 Å². The number of likely N-dealkylation sites (tertiary alicyclic amines) is 1. The second-order valence-corrected chi connectivity index (χ2v) is 5.34. The molecule has 1 heterocycles. The fraction of sp³-hybridized carbons (Fsp3) is 0.500. The van der Waals surface area contributed by atoms with Crippen LogP contribution in [0.2, 0.25) is 0 Å². The summed E-state index contributed by atoms with van der Waals surface area (Å²) in [4.78, 5) is 14.2. The maximum atomic E-state index is 11.2. The molecule has 0 unspecified atom stereocenters. The van der Waals surface area contributed by atoms with Gasteiger partial charge in [0.15, 0.2) is 0 Å². The fourth-order valence-electron chi connectivity index (χ4n) is 2.42. The van der Waals surface area contributed by atoms with Gasteiger partial charge in [-0.15, -0.1) is 12.6 Å². The summed E-state index contributed by atoms with van der Waals surface area (Å²) in [7, 11) is 0. The Labute approximate surface area is 108 Å². The van der Waals surface area contributed by atoms with Crippen molar-refractivity contribution in [3.05, 3.63) is 29.8 Å². The molecule has 0 saturated carbocycles. The summed E-state index contributed by atoms with van der Waals surface area (Å²) in [5.41, 5.74) is 1.38. The second-order valence-electron chi connectivity index (χ2n) is 4.82. The van der Waals surface area contributed by atoms with E-state index in [4.69, 9.17) is 0 Å². The first-order chi connectivity index (χ1) is 8.15. The van der Waals surface area contributed by atoms with E-state index >= 15 is 0 Å². The minimum Gasteiger partial charge on any atom is -0.343 e. The van der Waals surface area contributed by atoms with Crippen molar-refractivity contribution < 1.29 is 4.79 Å². The van der Waals surface area contributed by atoms with Crippen LogP contribution in [0.1, 0.15) is 25.3 Å². The Morgan fingerprint density at radius 3 is 2.41 bits per heavy atom. The molecule has 1 aliphatic heterocycles. The summed E-state index contributed by atoms with van der Waals surface area (Å²) in [6.45, 7) is 3.50. The third-order valence-electron chi connectivity index (χ3n) is 3.52. The van der Waals surface area contributed by atoms with Crippen LogP contribution < -0.4 is 0 Å². The molecule has 1 aliphatic rings. The average molecular weight is 249 g/mol. The summed E-state index contributed by atoms with van der Waals surface area (Å²) < 4.78 is 0. The van der Waals surface area contributed by atoms with Gasteiger partial charge in [-0.1, -0.05) is 12.1 Å². The van der Waals surface area contributed by atoms with E-state index in [1.54, 1.807) is 6.92 Å². The van der Waals surface area contributed by atoms with Gasteiger partial charge in [-0.2, -0.15) is 0 Å². The van der Waals surface area contributed by atoms with Crippen LogP contribution in [-0.4, -0.2) is 23.9 Å². The van der Waals surface area contributed by atoms with Gasteiger partial charge in [-0.05, 0) is 42.9 Å². The molecule has 0 radical (unpaired) electrons. The SMILES string of the molecule is CC(=O)N1CCC(Cc2ccc(S)cc2)CC1. The Hall–Kier alpha value is -0.960. The van der Waals surface area contributed by atoms with Crippen molar-refractivity contribution in [1.29, 1.82) is 0 Å². The first kappa shape index (κ1) is 12.5. The van der Waals surface area contributed by atoms with Crippen molar-refractivity contribution in [2.45, 2.75) is 31.1 Å². The van der Waals surface area contributed by atoms with Gasteiger partial charge in [0, 0.05) is 24.9 Å².